The minimum Gasteiger partial charge on any atom is -0.279 e. The first-order valence-electron chi connectivity index (χ1n) is 6.21. The molecule has 0 aliphatic rings. The lowest BCUT2D eigenvalue weighted by Gasteiger charge is -2.02. The summed E-state index contributed by atoms with van der Waals surface area (Å²) < 4.78 is 0.974. The summed E-state index contributed by atoms with van der Waals surface area (Å²) in [5, 5.41) is 5.34. The van der Waals surface area contributed by atoms with Crippen LogP contribution in [0, 0.1) is 0 Å². The number of fused-ring (bicyclic) bond motifs is 1. The van der Waals surface area contributed by atoms with Gasteiger partial charge in [0.25, 0.3) is 0 Å². The van der Waals surface area contributed by atoms with Gasteiger partial charge in [0.05, 0.1) is 17.4 Å². The average molecular weight is 326 g/mol. The Hall–Kier alpha value is -2.20. The number of hydrogen-bond acceptors (Lipinski definition) is 3. The zero-order chi connectivity index (χ0) is 13.8. The molecule has 4 heteroatoms. The maximum Gasteiger partial charge on any atom is 0.0791 e. The SMILES string of the molecule is Brc1cnc2c(C=NNc3ccccc3)cccc2c1. The molecule has 1 aromatic heterocycles. The number of benzene rings is 2. The Kier molecular flexibility index (Phi) is 3.74. The van der Waals surface area contributed by atoms with E-state index in [2.05, 4.69) is 31.4 Å². The first-order valence-corrected chi connectivity index (χ1v) is 7.00. The summed E-state index contributed by atoms with van der Waals surface area (Å²) in [6.45, 7) is 0. The third-order valence-corrected chi connectivity index (χ3v) is 3.31. The summed E-state index contributed by atoms with van der Waals surface area (Å²) in [4.78, 5) is 4.44. The van der Waals surface area contributed by atoms with Crippen LogP contribution in [0.1, 0.15) is 5.56 Å². The van der Waals surface area contributed by atoms with Gasteiger partial charge in [-0.1, -0.05) is 36.4 Å². The molecule has 0 atom stereocenters. The highest BCUT2D eigenvalue weighted by Gasteiger charge is 2.00. The summed E-state index contributed by atoms with van der Waals surface area (Å²) >= 11 is 3.43. The Morgan fingerprint density at radius 1 is 1.05 bits per heavy atom. The van der Waals surface area contributed by atoms with Gasteiger partial charge in [0.2, 0.25) is 0 Å². The number of halogens is 1. The van der Waals surface area contributed by atoms with Crippen LogP contribution in [-0.2, 0) is 0 Å². The molecule has 0 saturated heterocycles. The molecule has 0 aliphatic carbocycles. The molecule has 3 aromatic rings. The van der Waals surface area contributed by atoms with E-state index in [0.29, 0.717) is 0 Å². The van der Waals surface area contributed by atoms with Gasteiger partial charge in [0.15, 0.2) is 0 Å². The smallest absolute Gasteiger partial charge is 0.0791 e. The molecule has 1 N–H and O–H groups in total. The standard InChI is InChI=1S/C16H12BrN3/c17-14-9-12-5-4-6-13(16(12)18-11-14)10-19-20-15-7-2-1-3-8-15/h1-11,20H. The molecule has 20 heavy (non-hydrogen) atoms. The molecule has 1 heterocycles. The predicted octanol–water partition coefficient (Wildman–Crippen LogP) is 4.44. The van der Waals surface area contributed by atoms with Crippen molar-refractivity contribution in [3.05, 3.63) is 70.8 Å². The van der Waals surface area contributed by atoms with Crippen LogP contribution >= 0.6 is 15.9 Å². The lowest BCUT2D eigenvalue weighted by atomic mass is 10.1. The topological polar surface area (TPSA) is 37.3 Å². The average Bonchev–Trinajstić information content (AvgIpc) is 2.48. The fourth-order valence-electron chi connectivity index (χ4n) is 1.95. The van der Waals surface area contributed by atoms with Gasteiger partial charge >= 0.3 is 0 Å². The van der Waals surface area contributed by atoms with Crippen LogP contribution in [0.15, 0.2) is 70.4 Å². The number of hydrogen-bond donors (Lipinski definition) is 1. The monoisotopic (exact) mass is 325 g/mol. The molecular formula is C16H12BrN3. The van der Waals surface area contributed by atoms with Gasteiger partial charge in [-0.25, -0.2) is 0 Å². The fourth-order valence-corrected chi connectivity index (χ4v) is 2.30. The summed E-state index contributed by atoms with van der Waals surface area (Å²) in [5.74, 6) is 0. The molecule has 0 saturated carbocycles. The maximum absolute atomic E-state index is 4.44. The van der Waals surface area contributed by atoms with E-state index in [1.54, 1.807) is 12.4 Å². The summed E-state index contributed by atoms with van der Waals surface area (Å²) in [6, 6.07) is 17.9. The molecular weight excluding hydrogens is 314 g/mol. The first-order chi connectivity index (χ1) is 9.83. The van der Waals surface area contributed by atoms with Crippen LogP contribution in [0.2, 0.25) is 0 Å². The minimum absolute atomic E-state index is 0.939. The number of nitrogens with one attached hydrogen (secondary N) is 1. The van der Waals surface area contributed by atoms with Gasteiger partial charge in [0.1, 0.15) is 0 Å². The van der Waals surface area contributed by atoms with Gasteiger partial charge in [-0.3, -0.25) is 10.4 Å². The van der Waals surface area contributed by atoms with Crippen molar-refractivity contribution in [2.75, 3.05) is 5.43 Å². The Bertz CT molecular complexity index is 754. The van der Waals surface area contributed by atoms with Crippen molar-refractivity contribution in [1.82, 2.24) is 4.98 Å². The number of para-hydroxylation sites is 2. The zero-order valence-corrected chi connectivity index (χ0v) is 12.2. The van der Waals surface area contributed by atoms with Crippen molar-refractivity contribution < 1.29 is 0 Å². The van der Waals surface area contributed by atoms with E-state index in [-0.39, 0.29) is 0 Å². The van der Waals surface area contributed by atoms with Crippen LogP contribution in [0.4, 0.5) is 5.69 Å². The predicted molar refractivity (Wildman–Crippen MR) is 87.1 cm³/mol. The molecule has 2 aromatic carbocycles. The van der Waals surface area contributed by atoms with Crippen LogP contribution in [0.5, 0.6) is 0 Å². The van der Waals surface area contributed by atoms with E-state index in [1.807, 2.05) is 54.6 Å². The Morgan fingerprint density at radius 3 is 2.75 bits per heavy atom. The fraction of sp³-hybridized carbons (Fsp3) is 0. The normalized spacial score (nSPS) is 11.1. The van der Waals surface area contributed by atoms with Crippen LogP contribution in [0.25, 0.3) is 10.9 Å². The summed E-state index contributed by atoms with van der Waals surface area (Å²) in [5.41, 5.74) is 5.88. The van der Waals surface area contributed by atoms with E-state index in [1.165, 1.54) is 0 Å². The van der Waals surface area contributed by atoms with Gasteiger partial charge in [-0.2, -0.15) is 5.10 Å². The second-order valence-corrected chi connectivity index (χ2v) is 5.22. The minimum atomic E-state index is 0.939. The maximum atomic E-state index is 4.44. The second-order valence-electron chi connectivity index (χ2n) is 4.31. The molecule has 0 aliphatic heterocycles. The highest BCUT2D eigenvalue weighted by molar-refractivity contribution is 9.10. The van der Waals surface area contributed by atoms with Crippen LogP contribution < -0.4 is 5.43 Å². The van der Waals surface area contributed by atoms with Gasteiger partial charge in [-0.15, -0.1) is 0 Å². The molecule has 0 amide bonds. The molecule has 0 radical (unpaired) electrons. The van der Waals surface area contributed by atoms with Crippen LogP contribution in [0.3, 0.4) is 0 Å². The number of rotatable bonds is 3. The van der Waals surface area contributed by atoms with Gasteiger partial charge < -0.3 is 0 Å². The highest BCUT2D eigenvalue weighted by atomic mass is 79.9. The molecule has 0 bridgehead atoms. The largest absolute Gasteiger partial charge is 0.279 e. The van der Waals surface area contributed by atoms with E-state index in [0.717, 1.165) is 26.6 Å². The number of nitrogens with zero attached hydrogens (tertiary/aromatic N) is 2. The molecule has 0 unspecified atom stereocenters. The van der Waals surface area contributed by atoms with Crippen molar-refractivity contribution in [3.63, 3.8) is 0 Å². The molecule has 3 nitrogen and oxygen atoms in total. The number of aromatic nitrogens is 1. The van der Waals surface area contributed by atoms with E-state index in [4.69, 9.17) is 0 Å². The van der Waals surface area contributed by atoms with E-state index < -0.39 is 0 Å². The Balaban J connectivity index is 1.87. The summed E-state index contributed by atoms with van der Waals surface area (Å²) in [7, 11) is 0. The number of hydrazone groups is 1. The molecule has 3 rings (SSSR count). The summed E-state index contributed by atoms with van der Waals surface area (Å²) in [6.07, 6.45) is 3.58. The van der Waals surface area contributed by atoms with Crippen molar-refractivity contribution in [1.29, 1.82) is 0 Å². The van der Waals surface area contributed by atoms with Crippen molar-refractivity contribution in [3.8, 4) is 0 Å². The van der Waals surface area contributed by atoms with Gasteiger partial charge in [0, 0.05) is 21.6 Å². The van der Waals surface area contributed by atoms with Crippen molar-refractivity contribution in [2.45, 2.75) is 0 Å². The highest BCUT2D eigenvalue weighted by Crippen LogP contribution is 2.19. The first kappa shape index (κ1) is 12.8. The Labute approximate surface area is 125 Å². The number of pyridine rings is 1. The third kappa shape index (κ3) is 2.86. The molecule has 0 fully saturated rings. The quantitative estimate of drug-likeness (QED) is 0.570. The lowest BCUT2D eigenvalue weighted by Crippen LogP contribution is -1.92. The number of anilines is 1. The third-order valence-electron chi connectivity index (χ3n) is 2.88. The van der Waals surface area contributed by atoms with Crippen LogP contribution in [-0.4, -0.2) is 11.2 Å². The Morgan fingerprint density at radius 2 is 1.90 bits per heavy atom. The zero-order valence-electron chi connectivity index (χ0n) is 10.6. The van der Waals surface area contributed by atoms with Gasteiger partial charge in [-0.05, 0) is 34.1 Å². The van der Waals surface area contributed by atoms with Crippen molar-refractivity contribution >= 4 is 38.7 Å². The molecule has 0 spiro atoms. The van der Waals surface area contributed by atoms with E-state index in [9.17, 15) is 0 Å². The van der Waals surface area contributed by atoms with Crippen molar-refractivity contribution in [2.24, 2.45) is 5.10 Å². The second kappa shape index (κ2) is 5.84. The van der Waals surface area contributed by atoms with E-state index >= 15 is 0 Å². The molecule has 98 valence electrons. The lowest BCUT2D eigenvalue weighted by molar-refractivity contribution is 1.34.